The fourth-order valence-corrected chi connectivity index (χ4v) is 2.45. The van der Waals surface area contributed by atoms with Crippen LogP contribution in [0, 0.1) is 6.92 Å². The van der Waals surface area contributed by atoms with Crippen LogP contribution in [0.5, 0.6) is 5.75 Å². The number of benzene rings is 1. The van der Waals surface area contributed by atoms with Gasteiger partial charge >= 0.3 is 5.97 Å². The van der Waals surface area contributed by atoms with E-state index in [0.717, 1.165) is 5.75 Å². The molecule has 0 unspecified atom stereocenters. The quantitative estimate of drug-likeness (QED) is 0.514. The molecule has 0 aliphatic heterocycles. The molecular weight excluding hydrogens is 352 g/mol. The molecule has 3 N–H and O–H groups in total. The molecule has 144 valence electrons. The largest absolute Gasteiger partial charge is 0.494 e. The molecule has 0 atom stereocenters. The Labute approximate surface area is 156 Å². The number of para-hydroxylation sites is 1. The SMILES string of the molecule is CCOC(=O)c1c(C)oc(NC(=O)CCCOc2ccccc2)c1C(N)=O. The van der Waals surface area contributed by atoms with E-state index in [1.807, 2.05) is 30.3 Å². The summed E-state index contributed by atoms with van der Waals surface area (Å²) < 4.78 is 15.8. The van der Waals surface area contributed by atoms with Crippen LogP contribution < -0.4 is 15.8 Å². The van der Waals surface area contributed by atoms with E-state index in [9.17, 15) is 14.4 Å². The number of amides is 2. The third kappa shape index (κ3) is 5.34. The maximum atomic E-state index is 12.1. The van der Waals surface area contributed by atoms with Crippen LogP contribution in [0.25, 0.3) is 0 Å². The molecule has 1 aromatic carbocycles. The number of nitrogens with one attached hydrogen (secondary N) is 1. The lowest BCUT2D eigenvalue weighted by atomic mass is 10.1. The molecule has 2 amide bonds. The molecule has 27 heavy (non-hydrogen) atoms. The van der Waals surface area contributed by atoms with Gasteiger partial charge in [-0.1, -0.05) is 18.2 Å². The first kappa shape index (κ1) is 20.0. The van der Waals surface area contributed by atoms with E-state index in [4.69, 9.17) is 19.6 Å². The maximum absolute atomic E-state index is 12.1. The molecule has 0 spiro atoms. The number of primary amides is 1. The lowest BCUT2D eigenvalue weighted by Gasteiger charge is -2.06. The van der Waals surface area contributed by atoms with Crippen molar-refractivity contribution in [1.82, 2.24) is 0 Å². The summed E-state index contributed by atoms with van der Waals surface area (Å²) in [6, 6.07) is 9.23. The van der Waals surface area contributed by atoms with Gasteiger partial charge in [-0.05, 0) is 32.4 Å². The molecule has 2 rings (SSSR count). The van der Waals surface area contributed by atoms with Crippen LogP contribution in [0.3, 0.4) is 0 Å². The minimum Gasteiger partial charge on any atom is -0.494 e. The van der Waals surface area contributed by atoms with E-state index in [-0.39, 0.29) is 35.8 Å². The van der Waals surface area contributed by atoms with Gasteiger partial charge in [0.2, 0.25) is 11.8 Å². The van der Waals surface area contributed by atoms with Gasteiger partial charge in [0, 0.05) is 6.42 Å². The maximum Gasteiger partial charge on any atom is 0.342 e. The van der Waals surface area contributed by atoms with Crippen molar-refractivity contribution in [2.45, 2.75) is 26.7 Å². The zero-order chi connectivity index (χ0) is 19.8. The van der Waals surface area contributed by atoms with Gasteiger partial charge in [-0.2, -0.15) is 0 Å². The van der Waals surface area contributed by atoms with Gasteiger partial charge in [0.05, 0.1) is 13.2 Å². The van der Waals surface area contributed by atoms with Crippen molar-refractivity contribution < 1.29 is 28.3 Å². The number of furan rings is 1. The molecule has 8 heteroatoms. The third-order valence-corrected chi connectivity index (χ3v) is 3.62. The number of esters is 1. The van der Waals surface area contributed by atoms with Gasteiger partial charge in [0.25, 0.3) is 5.91 Å². The fraction of sp³-hybridized carbons (Fsp3) is 0.316. The molecule has 0 saturated heterocycles. The van der Waals surface area contributed by atoms with Gasteiger partial charge in [-0.3, -0.25) is 14.9 Å². The highest BCUT2D eigenvalue weighted by Crippen LogP contribution is 2.27. The van der Waals surface area contributed by atoms with Crippen LogP contribution in [0.1, 0.15) is 46.2 Å². The topological polar surface area (TPSA) is 121 Å². The van der Waals surface area contributed by atoms with Gasteiger partial charge in [0.1, 0.15) is 22.6 Å². The summed E-state index contributed by atoms with van der Waals surface area (Å²) >= 11 is 0. The average molecular weight is 374 g/mol. The van der Waals surface area contributed by atoms with E-state index >= 15 is 0 Å². The number of anilines is 1. The Morgan fingerprint density at radius 3 is 2.48 bits per heavy atom. The molecule has 1 heterocycles. The van der Waals surface area contributed by atoms with E-state index in [1.54, 1.807) is 6.92 Å². The molecule has 0 aliphatic rings. The smallest absolute Gasteiger partial charge is 0.342 e. The van der Waals surface area contributed by atoms with E-state index in [1.165, 1.54) is 6.92 Å². The van der Waals surface area contributed by atoms with Crippen molar-refractivity contribution in [3.05, 3.63) is 47.2 Å². The minimum atomic E-state index is -0.891. The van der Waals surface area contributed by atoms with Crippen molar-refractivity contribution in [3.8, 4) is 5.75 Å². The first-order valence-corrected chi connectivity index (χ1v) is 8.52. The second kappa shape index (κ2) is 9.42. The minimum absolute atomic E-state index is 0.0768. The standard InChI is InChI=1S/C19H22N2O6/c1-3-25-19(24)15-12(2)27-18(16(15)17(20)23)21-14(22)10-7-11-26-13-8-5-4-6-9-13/h4-6,8-9H,3,7,10-11H2,1-2H3,(H2,20,23)(H,21,22). The molecule has 0 saturated carbocycles. The normalized spacial score (nSPS) is 10.3. The number of carbonyl (C=O) groups is 3. The van der Waals surface area contributed by atoms with Crippen LogP contribution in [0.15, 0.2) is 34.7 Å². The van der Waals surface area contributed by atoms with Gasteiger partial charge in [-0.15, -0.1) is 0 Å². The number of hydrogen-bond acceptors (Lipinski definition) is 6. The van der Waals surface area contributed by atoms with Crippen molar-refractivity contribution in [1.29, 1.82) is 0 Å². The van der Waals surface area contributed by atoms with Crippen molar-refractivity contribution >= 4 is 23.7 Å². The summed E-state index contributed by atoms with van der Waals surface area (Å²) in [6.07, 6.45) is 0.594. The summed E-state index contributed by atoms with van der Waals surface area (Å²) in [5.74, 6) is -1.31. The first-order chi connectivity index (χ1) is 12.9. The van der Waals surface area contributed by atoms with Gasteiger partial charge in [0.15, 0.2) is 0 Å². The molecule has 0 fully saturated rings. The van der Waals surface area contributed by atoms with E-state index in [2.05, 4.69) is 5.32 Å². The number of ether oxygens (including phenoxy) is 2. The van der Waals surface area contributed by atoms with Crippen LogP contribution in [-0.4, -0.2) is 31.0 Å². The van der Waals surface area contributed by atoms with Crippen molar-refractivity contribution in [3.63, 3.8) is 0 Å². The third-order valence-electron chi connectivity index (χ3n) is 3.62. The molecule has 2 aromatic rings. The lowest BCUT2D eigenvalue weighted by molar-refractivity contribution is -0.116. The zero-order valence-corrected chi connectivity index (χ0v) is 15.2. The highest BCUT2D eigenvalue weighted by atomic mass is 16.5. The van der Waals surface area contributed by atoms with E-state index < -0.39 is 17.8 Å². The summed E-state index contributed by atoms with van der Waals surface area (Å²) in [4.78, 5) is 35.9. The number of carbonyl (C=O) groups excluding carboxylic acids is 3. The van der Waals surface area contributed by atoms with Crippen molar-refractivity contribution in [2.75, 3.05) is 18.5 Å². The number of nitrogens with two attached hydrogens (primary N) is 1. The van der Waals surface area contributed by atoms with Crippen LogP contribution >= 0.6 is 0 Å². The average Bonchev–Trinajstić information content (AvgIpc) is 2.96. The van der Waals surface area contributed by atoms with Crippen LogP contribution in [0.4, 0.5) is 5.88 Å². The lowest BCUT2D eigenvalue weighted by Crippen LogP contribution is -2.20. The first-order valence-electron chi connectivity index (χ1n) is 8.52. The monoisotopic (exact) mass is 374 g/mol. The number of hydrogen-bond donors (Lipinski definition) is 2. The Kier molecular flexibility index (Phi) is 6.99. The molecule has 0 bridgehead atoms. The second-order valence-electron chi connectivity index (χ2n) is 5.64. The second-order valence-corrected chi connectivity index (χ2v) is 5.64. The van der Waals surface area contributed by atoms with Gasteiger partial charge in [-0.25, -0.2) is 4.79 Å². The zero-order valence-electron chi connectivity index (χ0n) is 15.2. The van der Waals surface area contributed by atoms with E-state index in [0.29, 0.717) is 13.0 Å². The molecule has 0 aliphatic carbocycles. The van der Waals surface area contributed by atoms with Crippen LogP contribution in [0.2, 0.25) is 0 Å². The molecule has 0 radical (unpaired) electrons. The molecular formula is C19H22N2O6. The number of rotatable bonds is 9. The van der Waals surface area contributed by atoms with Crippen molar-refractivity contribution in [2.24, 2.45) is 5.73 Å². The summed E-state index contributed by atoms with van der Waals surface area (Å²) in [5.41, 5.74) is 5.08. The summed E-state index contributed by atoms with van der Waals surface area (Å²) in [6.45, 7) is 3.61. The Hall–Kier alpha value is -3.29. The summed E-state index contributed by atoms with van der Waals surface area (Å²) in [5, 5.41) is 2.48. The molecule has 1 aromatic heterocycles. The highest BCUT2D eigenvalue weighted by Gasteiger charge is 2.28. The Morgan fingerprint density at radius 1 is 1.15 bits per heavy atom. The fourth-order valence-electron chi connectivity index (χ4n) is 2.45. The Bertz CT molecular complexity index is 813. The predicted octanol–water partition coefficient (Wildman–Crippen LogP) is 2.66. The predicted molar refractivity (Wildman–Crippen MR) is 97.7 cm³/mol. The molecule has 8 nitrogen and oxygen atoms in total. The Morgan fingerprint density at radius 2 is 1.85 bits per heavy atom. The highest BCUT2D eigenvalue weighted by molar-refractivity contribution is 6.10. The van der Waals surface area contributed by atoms with Crippen LogP contribution in [-0.2, 0) is 9.53 Å². The summed E-state index contributed by atoms with van der Waals surface area (Å²) in [7, 11) is 0. The Balaban J connectivity index is 1.97. The number of aryl methyl sites for hydroxylation is 1. The van der Waals surface area contributed by atoms with Gasteiger partial charge < -0.3 is 19.6 Å².